The van der Waals surface area contributed by atoms with Gasteiger partial charge in [-0.2, -0.15) is 0 Å². The molecule has 0 aromatic rings. The lowest BCUT2D eigenvalue weighted by atomic mass is 9.83. The summed E-state index contributed by atoms with van der Waals surface area (Å²) in [5, 5.41) is 79.6. The van der Waals surface area contributed by atoms with Crippen molar-refractivity contribution < 1.29 is 69.0 Å². The summed E-state index contributed by atoms with van der Waals surface area (Å²) in [5.74, 6) is -1.04. The highest BCUT2D eigenvalue weighted by Gasteiger charge is 2.54. The number of ether oxygens (including phenoxy) is 6. The number of aliphatic hydroxyl groups is 7. The molecule has 0 spiro atoms. The Labute approximate surface area is 300 Å². The molecule has 3 aliphatic heterocycles. The van der Waals surface area contributed by atoms with E-state index in [1.807, 2.05) is 0 Å². The predicted octanol–water partition coefficient (Wildman–Crippen LogP) is -9.24. The van der Waals surface area contributed by atoms with Crippen LogP contribution in [0.5, 0.6) is 0 Å². The van der Waals surface area contributed by atoms with Gasteiger partial charge in [0.25, 0.3) is 5.91 Å². The summed E-state index contributed by atoms with van der Waals surface area (Å²) in [4.78, 5) is 12.8. The Morgan fingerprint density at radius 3 is 2.15 bits per heavy atom. The topological polar surface area (TPSA) is 394 Å². The minimum Gasteiger partial charge on any atom is -0.394 e. The summed E-state index contributed by atoms with van der Waals surface area (Å²) in [6.07, 6.45) is -16.6. The van der Waals surface area contributed by atoms with Crippen LogP contribution in [0.3, 0.4) is 0 Å². The molecule has 4 rings (SSSR count). The minimum absolute atomic E-state index is 0.114. The van der Waals surface area contributed by atoms with Crippen LogP contribution in [0.2, 0.25) is 0 Å². The van der Waals surface area contributed by atoms with E-state index in [4.69, 9.17) is 62.8 Å². The molecular formula is C30H58N8O14. The molecule has 22 nitrogen and oxygen atoms in total. The maximum atomic E-state index is 12.8. The second-order valence-electron chi connectivity index (χ2n) is 13.5. The SMILES string of the molecule is NCCCNC[C@@H]1C=C[C@@H](N)[C@@H](O[C@H]2[C@H](O[C@@H]3O[C@H](CO)[C@@H](O[C@H]4O[C@@H](CN)[C@@H](O)[C@H](O)[C@H]4N)[C@H]3O)[C@@H](O)[C@H](NC(=O)[C@@H](O)[C@@H](O)CN)C[C@@H]2N)O1. The second kappa shape index (κ2) is 19.8. The minimum atomic E-state index is -1.92. The number of nitrogens with two attached hydrogens (primary N) is 6. The fourth-order valence-electron chi connectivity index (χ4n) is 6.51. The monoisotopic (exact) mass is 754 g/mol. The first-order chi connectivity index (χ1) is 24.8. The summed E-state index contributed by atoms with van der Waals surface area (Å²) in [6.45, 7) is 0.269. The maximum Gasteiger partial charge on any atom is 0.251 e. The van der Waals surface area contributed by atoms with Crippen LogP contribution < -0.4 is 45.0 Å². The van der Waals surface area contributed by atoms with Gasteiger partial charge in [-0.05, 0) is 25.9 Å². The fourth-order valence-corrected chi connectivity index (χ4v) is 6.51. The molecule has 0 unspecified atom stereocenters. The Morgan fingerprint density at radius 2 is 1.50 bits per heavy atom. The highest BCUT2D eigenvalue weighted by molar-refractivity contribution is 5.81. The normalized spacial score (nSPS) is 43.7. The highest BCUT2D eigenvalue weighted by Crippen LogP contribution is 2.34. The standard InChI is InChI=1S/C30H58N8O14/c31-4-1-5-37-9-11-2-3-12(34)28(47-11)50-24-13(35)6-14(38-27(46)20(42)15(40)7-32)19(41)26(24)52-30-23(45)25(17(10-39)49-30)51-29-18(36)22(44)21(43)16(8-33)48-29/h2-3,11-26,28-30,37,39-45H,1,4-10,31-36H2,(H,38,46)/t11-,12+,13-,14+,15-,16-,17+,18+,19-,20-,21+,22+,23+,24+,25+,26+,28+,29+,30-/m0/s1. The molecule has 1 saturated carbocycles. The van der Waals surface area contributed by atoms with Crippen LogP contribution in [0.25, 0.3) is 0 Å². The van der Waals surface area contributed by atoms with Crippen molar-refractivity contribution in [2.75, 3.05) is 39.3 Å². The van der Waals surface area contributed by atoms with Crippen molar-refractivity contribution in [3.8, 4) is 0 Å². The van der Waals surface area contributed by atoms with Crippen molar-refractivity contribution in [3.05, 3.63) is 12.2 Å². The Bertz CT molecular complexity index is 1140. The highest BCUT2D eigenvalue weighted by atomic mass is 16.8. The quantitative estimate of drug-likeness (QED) is 0.0484. The van der Waals surface area contributed by atoms with Crippen molar-refractivity contribution in [1.29, 1.82) is 0 Å². The van der Waals surface area contributed by atoms with E-state index in [9.17, 15) is 40.5 Å². The molecule has 22 heteroatoms. The van der Waals surface area contributed by atoms with Gasteiger partial charge in [0.1, 0.15) is 61.0 Å². The van der Waals surface area contributed by atoms with Crippen molar-refractivity contribution in [3.63, 3.8) is 0 Å². The summed E-state index contributed by atoms with van der Waals surface area (Å²) in [6, 6.07) is -4.23. The van der Waals surface area contributed by atoms with Gasteiger partial charge in [-0.3, -0.25) is 4.79 Å². The molecule has 3 fully saturated rings. The van der Waals surface area contributed by atoms with Crippen molar-refractivity contribution >= 4 is 5.91 Å². The van der Waals surface area contributed by atoms with Crippen LogP contribution >= 0.6 is 0 Å². The van der Waals surface area contributed by atoms with E-state index in [0.717, 1.165) is 6.42 Å². The van der Waals surface area contributed by atoms with Gasteiger partial charge in [0.15, 0.2) is 25.0 Å². The average Bonchev–Trinajstić information content (AvgIpc) is 3.43. The third-order valence-electron chi connectivity index (χ3n) is 9.62. The zero-order chi connectivity index (χ0) is 38.3. The molecule has 0 radical (unpaired) electrons. The molecule has 1 amide bonds. The van der Waals surface area contributed by atoms with Gasteiger partial charge in [-0.15, -0.1) is 0 Å². The Balaban J connectivity index is 1.54. The summed E-state index contributed by atoms with van der Waals surface area (Å²) < 4.78 is 35.8. The third-order valence-corrected chi connectivity index (χ3v) is 9.62. The van der Waals surface area contributed by atoms with Crippen LogP contribution in [-0.4, -0.2) is 197 Å². The van der Waals surface area contributed by atoms with E-state index in [1.54, 1.807) is 12.2 Å². The molecule has 21 N–H and O–H groups in total. The Morgan fingerprint density at radius 1 is 0.827 bits per heavy atom. The van der Waals surface area contributed by atoms with Crippen LogP contribution in [-0.2, 0) is 33.2 Å². The number of hydrogen-bond acceptors (Lipinski definition) is 21. The molecular weight excluding hydrogens is 696 g/mol. The lowest BCUT2D eigenvalue weighted by molar-refractivity contribution is -0.284. The lowest BCUT2D eigenvalue weighted by Gasteiger charge is -2.46. The zero-order valence-corrected chi connectivity index (χ0v) is 28.7. The van der Waals surface area contributed by atoms with Gasteiger partial charge in [0.05, 0.1) is 30.8 Å². The number of carbonyl (C=O) groups is 1. The molecule has 2 saturated heterocycles. The lowest BCUT2D eigenvalue weighted by Crippen LogP contribution is -2.67. The van der Waals surface area contributed by atoms with Gasteiger partial charge in [0.2, 0.25) is 0 Å². The zero-order valence-electron chi connectivity index (χ0n) is 28.7. The first-order valence-electron chi connectivity index (χ1n) is 17.4. The van der Waals surface area contributed by atoms with Gasteiger partial charge in [0, 0.05) is 25.7 Å². The van der Waals surface area contributed by atoms with Gasteiger partial charge in [-0.1, -0.05) is 12.2 Å². The smallest absolute Gasteiger partial charge is 0.251 e. The first-order valence-corrected chi connectivity index (χ1v) is 17.4. The third kappa shape index (κ3) is 10.2. The largest absolute Gasteiger partial charge is 0.394 e. The number of rotatable bonds is 17. The molecule has 19 atom stereocenters. The predicted molar refractivity (Wildman–Crippen MR) is 178 cm³/mol. The summed E-state index contributed by atoms with van der Waals surface area (Å²) in [5.41, 5.74) is 35.5. The second-order valence-corrected chi connectivity index (χ2v) is 13.5. The molecule has 4 aliphatic rings. The fraction of sp³-hybridized carbons (Fsp3) is 0.900. The summed E-state index contributed by atoms with van der Waals surface area (Å²) in [7, 11) is 0. The Hall–Kier alpha value is -1.59. The maximum absolute atomic E-state index is 12.8. The molecule has 302 valence electrons. The van der Waals surface area contributed by atoms with Gasteiger partial charge < -0.3 is 109 Å². The van der Waals surface area contributed by atoms with Crippen molar-refractivity contribution in [1.82, 2.24) is 10.6 Å². The molecule has 0 bridgehead atoms. The summed E-state index contributed by atoms with van der Waals surface area (Å²) >= 11 is 0. The number of aliphatic hydroxyl groups excluding tert-OH is 7. The van der Waals surface area contributed by atoms with E-state index in [0.29, 0.717) is 19.6 Å². The van der Waals surface area contributed by atoms with E-state index in [2.05, 4.69) is 10.6 Å². The molecule has 3 heterocycles. The van der Waals surface area contributed by atoms with E-state index >= 15 is 0 Å². The van der Waals surface area contributed by atoms with Crippen LogP contribution in [0, 0.1) is 0 Å². The number of hydrogen-bond donors (Lipinski definition) is 15. The van der Waals surface area contributed by atoms with E-state index in [1.165, 1.54) is 0 Å². The first kappa shape index (κ1) is 43.1. The molecule has 0 aromatic carbocycles. The average molecular weight is 755 g/mol. The molecule has 0 aromatic heterocycles. The van der Waals surface area contributed by atoms with Gasteiger partial charge in [-0.25, -0.2) is 0 Å². The molecule has 52 heavy (non-hydrogen) atoms. The van der Waals surface area contributed by atoms with E-state index in [-0.39, 0.29) is 13.0 Å². The van der Waals surface area contributed by atoms with Crippen LogP contribution in [0.15, 0.2) is 12.2 Å². The van der Waals surface area contributed by atoms with Crippen LogP contribution in [0.1, 0.15) is 12.8 Å². The van der Waals surface area contributed by atoms with Gasteiger partial charge >= 0.3 is 0 Å². The van der Waals surface area contributed by atoms with Crippen LogP contribution in [0.4, 0.5) is 0 Å². The number of amides is 1. The number of carbonyl (C=O) groups excluding carboxylic acids is 1. The molecule has 1 aliphatic carbocycles. The van der Waals surface area contributed by atoms with E-state index < -0.39 is 135 Å². The van der Waals surface area contributed by atoms with Crippen molar-refractivity contribution in [2.45, 2.75) is 129 Å². The van der Waals surface area contributed by atoms with Crippen molar-refractivity contribution in [2.24, 2.45) is 34.4 Å². The Kier molecular flexibility index (Phi) is 16.5. The number of nitrogens with one attached hydrogen (secondary N) is 2.